The molecule has 0 saturated heterocycles. The van der Waals surface area contributed by atoms with Gasteiger partial charge in [-0.2, -0.15) is 0 Å². The second kappa shape index (κ2) is 13.5. The first-order chi connectivity index (χ1) is 19.7. The average molecular weight is 593 g/mol. The first kappa shape index (κ1) is 35.8. The van der Waals surface area contributed by atoms with E-state index >= 15 is 0 Å². The predicted molar refractivity (Wildman–Crippen MR) is 174 cm³/mol. The Bertz CT molecular complexity index is 1350. The fourth-order valence-electron chi connectivity index (χ4n) is 4.06. The molecular weight excluding hydrogens is 540 g/mol. The molecule has 0 amide bonds. The second-order valence-corrected chi connectivity index (χ2v) is 14.5. The van der Waals surface area contributed by atoms with E-state index in [1.807, 2.05) is 27.7 Å². The molecule has 0 aliphatic heterocycles. The Morgan fingerprint density at radius 3 is 1.58 bits per heavy atom. The lowest BCUT2D eigenvalue weighted by atomic mass is 9.74. The van der Waals surface area contributed by atoms with Gasteiger partial charge in [-0.1, -0.05) is 41.5 Å². The Morgan fingerprint density at radius 1 is 0.674 bits per heavy atom. The van der Waals surface area contributed by atoms with Crippen molar-refractivity contribution in [3.63, 3.8) is 0 Å². The number of allylic oxidation sites excluding steroid dienone is 1. The lowest BCUT2D eigenvalue weighted by Gasteiger charge is -2.34. The minimum Gasteiger partial charge on any atom is -0.493 e. The van der Waals surface area contributed by atoms with Crippen molar-refractivity contribution in [2.45, 2.75) is 114 Å². The molecule has 0 bridgehead atoms. The van der Waals surface area contributed by atoms with Gasteiger partial charge in [-0.15, -0.1) is 0 Å². The van der Waals surface area contributed by atoms with Crippen LogP contribution >= 0.6 is 0 Å². The molecule has 0 aliphatic rings. The zero-order valence-corrected chi connectivity index (χ0v) is 28.6. The Morgan fingerprint density at radius 2 is 1.14 bits per heavy atom. The lowest BCUT2D eigenvalue weighted by molar-refractivity contribution is -0.143. The largest absolute Gasteiger partial charge is 0.493 e. The van der Waals surface area contributed by atoms with E-state index in [2.05, 4.69) is 47.6 Å². The molecule has 0 unspecified atom stereocenters. The summed E-state index contributed by atoms with van der Waals surface area (Å²) in [6, 6.07) is 8.60. The molecule has 2 rings (SSSR count). The van der Waals surface area contributed by atoms with Gasteiger partial charge in [0, 0.05) is 16.7 Å². The number of rotatable bonds is 11. The van der Waals surface area contributed by atoms with Gasteiger partial charge in [-0.05, 0) is 115 Å². The van der Waals surface area contributed by atoms with Crippen molar-refractivity contribution < 1.29 is 28.6 Å². The number of ether oxygens (including phenoxy) is 3. The zero-order chi connectivity index (χ0) is 33.0. The van der Waals surface area contributed by atoms with E-state index in [1.165, 1.54) is 6.08 Å². The Balaban J connectivity index is 2.77. The Hall–Kier alpha value is -3.41. The van der Waals surface area contributed by atoms with E-state index in [-0.39, 0.29) is 28.6 Å². The van der Waals surface area contributed by atoms with Crippen LogP contribution in [0, 0.1) is 10.8 Å². The molecule has 0 saturated carbocycles. The van der Waals surface area contributed by atoms with E-state index in [9.17, 15) is 14.4 Å². The lowest BCUT2D eigenvalue weighted by Crippen LogP contribution is -2.29. The van der Waals surface area contributed by atoms with Crippen molar-refractivity contribution in [2.24, 2.45) is 10.8 Å². The third kappa shape index (κ3) is 8.81. The SMILES string of the molecule is CCOc1c(C(C)(C)CC)cc(C(C)(C)CC)c(OC(=O)C(C)(C)C)c1/C=C/C(=O)c1ccc(OC(=O)C(C)(C)C)cc1. The average Bonchev–Trinajstić information content (AvgIpc) is 2.91. The highest BCUT2D eigenvalue weighted by atomic mass is 16.5. The molecule has 2 aromatic rings. The number of benzene rings is 2. The molecule has 43 heavy (non-hydrogen) atoms. The smallest absolute Gasteiger partial charge is 0.316 e. The molecule has 6 heteroatoms. The standard InChI is InChI=1S/C37H52O6/c1-14-36(10,11)27-23-28(37(12,13)15-2)31(43-33(40)35(7,8)9)26(30(27)41-16-3)21-22-29(38)24-17-19-25(20-18-24)42-32(39)34(4,5)6/h17-23H,14-16H2,1-13H3/b22-21+. The van der Waals surface area contributed by atoms with Gasteiger partial charge in [0.05, 0.1) is 23.0 Å². The number of hydrogen-bond acceptors (Lipinski definition) is 6. The topological polar surface area (TPSA) is 78.9 Å². The molecular formula is C37H52O6. The van der Waals surface area contributed by atoms with Gasteiger partial charge in [-0.3, -0.25) is 14.4 Å². The van der Waals surface area contributed by atoms with Gasteiger partial charge in [0.15, 0.2) is 5.78 Å². The summed E-state index contributed by atoms with van der Waals surface area (Å²) in [6.07, 6.45) is 4.85. The van der Waals surface area contributed by atoms with Crippen LogP contribution in [0.5, 0.6) is 17.2 Å². The van der Waals surface area contributed by atoms with Crippen LogP contribution in [0.25, 0.3) is 6.08 Å². The monoisotopic (exact) mass is 592 g/mol. The number of hydrogen-bond donors (Lipinski definition) is 0. The molecule has 0 aliphatic carbocycles. The van der Waals surface area contributed by atoms with Gasteiger partial charge in [0.25, 0.3) is 0 Å². The van der Waals surface area contributed by atoms with Crippen molar-refractivity contribution in [3.05, 3.63) is 58.7 Å². The van der Waals surface area contributed by atoms with Crippen LogP contribution in [-0.2, 0) is 20.4 Å². The number of esters is 2. The molecule has 0 N–H and O–H groups in total. The van der Waals surface area contributed by atoms with Crippen LogP contribution in [0.15, 0.2) is 36.4 Å². The first-order valence-electron chi connectivity index (χ1n) is 15.3. The molecule has 0 spiro atoms. The van der Waals surface area contributed by atoms with Crippen LogP contribution in [0.2, 0.25) is 0 Å². The van der Waals surface area contributed by atoms with Gasteiger partial charge in [0.1, 0.15) is 17.2 Å². The van der Waals surface area contributed by atoms with Crippen LogP contribution < -0.4 is 14.2 Å². The molecule has 0 radical (unpaired) electrons. The van der Waals surface area contributed by atoms with Crippen LogP contribution in [-0.4, -0.2) is 24.3 Å². The summed E-state index contributed by atoms with van der Waals surface area (Å²) in [5.41, 5.74) is 0.930. The highest BCUT2D eigenvalue weighted by molar-refractivity contribution is 6.07. The Kier molecular flexibility index (Phi) is 11.2. The molecule has 0 aromatic heterocycles. The van der Waals surface area contributed by atoms with Crippen LogP contribution in [0.3, 0.4) is 0 Å². The molecule has 236 valence electrons. The predicted octanol–water partition coefficient (Wildman–Crippen LogP) is 9.26. The summed E-state index contributed by atoms with van der Waals surface area (Å²) in [4.78, 5) is 39.0. The van der Waals surface area contributed by atoms with E-state index in [1.54, 1.807) is 51.1 Å². The maximum Gasteiger partial charge on any atom is 0.316 e. The van der Waals surface area contributed by atoms with E-state index in [0.29, 0.717) is 35.0 Å². The molecule has 0 atom stereocenters. The molecule has 0 fully saturated rings. The highest BCUT2D eigenvalue weighted by Crippen LogP contribution is 2.48. The van der Waals surface area contributed by atoms with E-state index in [4.69, 9.17) is 14.2 Å². The van der Waals surface area contributed by atoms with Crippen LogP contribution in [0.4, 0.5) is 0 Å². The minimum absolute atomic E-state index is 0.247. The second-order valence-electron chi connectivity index (χ2n) is 14.5. The van der Waals surface area contributed by atoms with Crippen molar-refractivity contribution in [3.8, 4) is 17.2 Å². The van der Waals surface area contributed by atoms with Gasteiger partial charge in [0.2, 0.25) is 0 Å². The molecule has 2 aromatic carbocycles. The molecule has 6 nitrogen and oxygen atoms in total. The fraction of sp³-hybridized carbons (Fsp3) is 0.541. The van der Waals surface area contributed by atoms with Crippen molar-refractivity contribution >= 4 is 23.8 Å². The van der Waals surface area contributed by atoms with E-state index < -0.39 is 10.8 Å². The highest BCUT2D eigenvalue weighted by Gasteiger charge is 2.35. The Labute approximate surface area is 259 Å². The van der Waals surface area contributed by atoms with Crippen LogP contribution in [0.1, 0.15) is 130 Å². The zero-order valence-electron chi connectivity index (χ0n) is 28.6. The summed E-state index contributed by atoms with van der Waals surface area (Å²) in [5, 5.41) is 0. The first-order valence-corrected chi connectivity index (χ1v) is 15.3. The molecule has 0 heterocycles. The normalized spacial score (nSPS) is 12.8. The van der Waals surface area contributed by atoms with Gasteiger partial charge < -0.3 is 14.2 Å². The summed E-state index contributed by atoms with van der Waals surface area (Å²) in [6.45, 7) is 26.0. The quantitative estimate of drug-likeness (QED) is 0.112. The van der Waals surface area contributed by atoms with Gasteiger partial charge in [-0.25, -0.2) is 0 Å². The maximum atomic E-state index is 13.4. The number of carbonyl (C=O) groups excluding carboxylic acids is 3. The number of carbonyl (C=O) groups is 3. The van der Waals surface area contributed by atoms with Crippen molar-refractivity contribution in [1.82, 2.24) is 0 Å². The van der Waals surface area contributed by atoms with Gasteiger partial charge >= 0.3 is 11.9 Å². The maximum absolute atomic E-state index is 13.4. The fourth-order valence-corrected chi connectivity index (χ4v) is 4.06. The van der Waals surface area contributed by atoms with Crippen molar-refractivity contribution in [2.75, 3.05) is 6.61 Å². The van der Waals surface area contributed by atoms with Crippen molar-refractivity contribution in [1.29, 1.82) is 0 Å². The van der Waals surface area contributed by atoms with E-state index in [0.717, 1.165) is 24.0 Å². The third-order valence-electron chi connectivity index (χ3n) is 7.95. The third-order valence-corrected chi connectivity index (χ3v) is 7.95. The summed E-state index contributed by atoms with van der Waals surface area (Å²) in [7, 11) is 0. The number of ketones is 1. The summed E-state index contributed by atoms with van der Waals surface area (Å²) in [5.74, 6) is 0.423. The minimum atomic E-state index is -0.740. The summed E-state index contributed by atoms with van der Waals surface area (Å²) < 4.78 is 17.9. The summed E-state index contributed by atoms with van der Waals surface area (Å²) >= 11 is 0.